The van der Waals surface area contributed by atoms with Gasteiger partial charge in [-0.25, -0.2) is 17.9 Å². The minimum Gasteiger partial charge on any atom is -0.495 e. The number of benzene rings is 2. The van der Waals surface area contributed by atoms with E-state index in [0.29, 0.717) is 29.6 Å². The molecule has 1 fully saturated rings. The Morgan fingerprint density at radius 1 is 1.12 bits per heavy atom. The summed E-state index contributed by atoms with van der Waals surface area (Å²) in [5, 5.41) is 0.544. The van der Waals surface area contributed by atoms with Crippen LogP contribution in [0, 0.1) is 5.92 Å². The van der Waals surface area contributed by atoms with Crippen LogP contribution in [0.15, 0.2) is 47.4 Å². The van der Waals surface area contributed by atoms with Crippen LogP contribution < -0.4 is 9.46 Å². The van der Waals surface area contributed by atoms with Crippen molar-refractivity contribution in [2.45, 2.75) is 31.2 Å². The van der Waals surface area contributed by atoms with Gasteiger partial charge in [-0.1, -0.05) is 30.7 Å². The molecule has 0 aromatic heterocycles. The normalized spacial score (nSPS) is 14.7. The molecule has 3 rings (SSSR count). The quantitative estimate of drug-likeness (QED) is 0.565. The smallest absolute Gasteiger partial charge is 0.338 e. The fourth-order valence-electron chi connectivity index (χ4n) is 3.43. The Balaban J connectivity index is 1.68. The van der Waals surface area contributed by atoms with Crippen molar-refractivity contribution in [3.05, 3.63) is 58.6 Å². The maximum absolute atomic E-state index is 12.9. The van der Waals surface area contributed by atoms with Crippen LogP contribution in [0.25, 0.3) is 0 Å². The molecule has 0 atom stereocenters. The Labute approximate surface area is 198 Å². The summed E-state index contributed by atoms with van der Waals surface area (Å²) < 4.78 is 38.6. The number of sulfonamides is 1. The Hall–Kier alpha value is -2.62. The lowest BCUT2D eigenvalue weighted by Crippen LogP contribution is -2.40. The monoisotopic (exact) mass is 494 g/mol. The number of carbonyl (C=O) groups is 2. The zero-order valence-corrected chi connectivity index (χ0v) is 20.1. The number of hydrogen-bond acceptors (Lipinski definition) is 6. The van der Waals surface area contributed by atoms with E-state index >= 15 is 0 Å². The van der Waals surface area contributed by atoms with Crippen LogP contribution in [0.2, 0.25) is 5.02 Å². The number of piperidine rings is 1. The molecular weight excluding hydrogens is 468 g/mol. The highest BCUT2D eigenvalue weighted by Gasteiger charge is 2.24. The molecule has 178 valence electrons. The van der Waals surface area contributed by atoms with Gasteiger partial charge < -0.3 is 14.4 Å². The first kappa shape index (κ1) is 25.0. The first-order chi connectivity index (χ1) is 15.7. The summed E-state index contributed by atoms with van der Waals surface area (Å²) in [5.74, 6) is -0.398. The van der Waals surface area contributed by atoms with Gasteiger partial charge in [0.05, 0.1) is 12.7 Å². The number of ether oxygens (including phenoxy) is 2. The maximum atomic E-state index is 12.9. The van der Waals surface area contributed by atoms with E-state index in [4.69, 9.17) is 21.1 Å². The summed E-state index contributed by atoms with van der Waals surface area (Å²) in [5.41, 5.74) is 0.714. The Kier molecular flexibility index (Phi) is 8.34. The zero-order valence-electron chi connectivity index (χ0n) is 18.5. The lowest BCUT2D eigenvalue weighted by atomic mass is 9.99. The summed E-state index contributed by atoms with van der Waals surface area (Å²) >= 11 is 5.86. The van der Waals surface area contributed by atoms with E-state index in [9.17, 15) is 18.0 Å². The summed E-state index contributed by atoms with van der Waals surface area (Å²) in [4.78, 5) is 26.3. The number of nitrogens with one attached hydrogen (secondary N) is 1. The number of rotatable bonds is 8. The van der Waals surface area contributed by atoms with Crippen LogP contribution >= 0.6 is 11.6 Å². The van der Waals surface area contributed by atoms with Crippen molar-refractivity contribution in [2.75, 3.05) is 26.8 Å². The molecule has 33 heavy (non-hydrogen) atoms. The third-order valence-electron chi connectivity index (χ3n) is 5.53. The number of amides is 1. The van der Waals surface area contributed by atoms with E-state index < -0.39 is 22.6 Å². The molecule has 0 radical (unpaired) electrons. The van der Waals surface area contributed by atoms with E-state index in [-0.39, 0.29) is 28.7 Å². The van der Waals surface area contributed by atoms with Gasteiger partial charge in [-0.2, -0.15) is 0 Å². The SMILES string of the molecule is COc1ccc(C(=O)OCC(=O)N2CCC(C)CC2)cc1S(=O)(=O)NCc1ccc(Cl)cc1. The Morgan fingerprint density at radius 3 is 2.42 bits per heavy atom. The number of hydrogen-bond donors (Lipinski definition) is 1. The largest absolute Gasteiger partial charge is 0.495 e. The van der Waals surface area contributed by atoms with E-state index in [0.717, 1.165) is 12.8 Å². The molecule has 8 nitrogen and oxygen atoms in total. The van der Waals surface area contributed by atoms with Crippen molar-refractivity contribution in [3.63, 3.8) is 0 Å². The minimum atomic E-state index is -4.01. The number of likely N-dealkylation sites (tertiary alicyclic amines) is 1. The Morgan fingerprint density at radius 2 is 1.79 bits per heavy atom. The van der Waals surface area contributed by atoms with Crippen molar-refractivity contribution in [3.8, 4) is 5.75 Å². The molecule has 1 aliphatic rings. The molecule has 2 aromatic carbocycles. The molecule has 10 heteroatoms. The molecule has 1 saturated heterocycles. The van der Waals surface area contributed by atoms with E-state index in [2.05, 4.69) is 11.6 Å². The van der Waals surface area contributed by atoms with Gasteiger partial charge >= 0.3 is 5.97 Å². The number of esters is 1. The highest BCUT2D eigenvalue weighted by atomic mass is 35.5. The molecule has 0 aliphatic carbocycles. The lowest BCUT2D eigenvalue weighted by molar-refractivity contribution is -0.135. The van der Waals surface area contributed by atoms with Gasteiger partial charge in [0.25, 0.3) is 5.91 Å². The van der Waals surface area contributed by atoms with E-state index in [1.54, 1.807) is 29.2 Å². The van der Waals surface area contributed by atoms with Crippen molar-refractivity contribution in [2.24, 2.45) is 5.92 Å². The summed E-state index contributed by atoms with van der Waals surface area (Å²) in [6, 6.07) is 10.7. The predicted octanol–water partition coefficient (Wildman–Crippen LogP) is 3.24. The van der Waals surface area contributed by atoms with Crippen LogP contribution in [-0.4, -0.2) is 52.0 Å². The van der Waals surface area contributed by atoms with Crippen LogP contribution in [0.3, 0.4) is 0 Å². The van der Waals surface area contributed by atoms with Crippen LogP contribution in [0.4, 0.5) is 0 Å². The maximum Gasteiger partial charge on any atom is 0.338 e. The first-order valence-corrected chi connectivity index (χ1v) is 12.4. The highest BCUT2D eigenvalue weighted by Crippen LogP contribution is 2.26. The highest BCUT2D eigenvalue weighted by molar-refractivity contribution is 7.89. The molecule has 1 N–H and O–H groups in total. The average Bonchev–Trinajstić information content (AvgIpc) is 2.82. The van der Waals surface area contributed by atoms with Crippen LogP contribution in [-0.2, 0) is 26.1 Å². The molecule has 0 unspecified atom stereocenters. The molecule has 0 bridgehead atoms. The summed E-state index contributed by atoms with van der Waals surface area (Å²) in [6.45, 7) is 3.06. The third-order valence-corrected chi connectivity index (χ3v) is 7.21. The molecule has 1 amide bonds. The minimum absolute atomic E-state index is 0.00253. The number of methoxy groups -OCH3 is 1. The number of halogens is 1. The molecular formula is C23H27ClN2O6S. The molecule has 1 heterocycles. The fraction of sp³-hybridized carbons (Fsp3) is 0.391. The van der Waals surface area contributed by atoms with Gasteiger partial charge in [-0.15, -0.1) is 0 Å². The molecule has 0 saturated carbocycles. The second kappa shape index (κ2) is 11.0. The Bertz CT molecular complexity index is 1100. The topological polar surface area (TPSA) is 102 Å². The van der Waals surface area contributed by atoms with Gasteiger partial charge in [0, 0.05) is 24.7 Å². The predicted molar refractivity (Wildman–Crippen MR) is 124 cm³/mol. The average molecular weight is 495 g/mol. The van der Waals surface area contributed by atoms with Gasteiger partial charge in [0.1, 0.15) is 10.6 Å². The van der Waals surface area contributed by atoms with Crippen molar-refractivity contribution in [1.82, 2.24) is 9.62 Å². The van der Waals surface area contributed by atoms with Crippen molar-refractivity contribution in [1.29, 1.82) is 0 Å². The molecule has 1 aliphatic heterocycles. The zero-order chi connectivity index (χ0) is 24.0. The second-order valence-corrected chi connectivity index (χ2v) is 10.1. The fourth-order valence-corrected chi connectivity index (χ4v) is 4.77. The van der Waals surface area contributed by atoms with Crippen molar-refractivity contribution < 1.29 is 27.5 Å². The van der Waals surface area contributed by atoms with Gasteiger partial charge in [0.15, 0.2) is 6.61 Å². The number of nitrogens with zero attached hydrogens (tertiary/aromatic N) is 1. The van der Waals surface area contributed by atoms with E-state index in [1.807, 2.05) is 0 Å². The lowest BCUT2D eigenvalue weighted by Gasteiger charge is -2.30. The summed E-state index contributed by atoms with van der Waals surface area (Å²) in [6.07, 6.45) is 1.84. The van der Waals surface area contributed by atoms with Gasteiger partial charge in [-0.3, -0.25) is 4.79 Å². The van der Waals surface area contributed by atoms with Crippen molar-refractivity contribution >= 4 is 33.5 Å². The van der Waals surface area contributed by atoms with Crippen LogP contribution in [0.5, 0.6) is 5.75 Å². The van der Waals surface area contributed by atoms with Gasteiger partial charge in [-0.05, 0) is 54.7 Å². The third kappa shape index (κ3) is 6.69. The molecule has 2 aromatic rings. The standard InChI is InChI=1S/C23H27ClN2O6S/c1-16-9-11-26(12-10-16)22(27)15-32-23(28)18-5-8-20(31-2)21(13-18)33(29,30)25-14-17-3-6-19(24)7-4-17/h3-8,13,16,25H,9-12,14-15H2,1-2H3. The first-order valence-electron chi connectivity index (χ1n) is 10.6. The van der Waals surface area contributed by atoms with Crippen LogP contribution in [0.1, 0.15) is 35.7 Å². The summed E-state index contributed by atoms with van der Waals surface area (Å²) in [7, 11) is -2.67. The van der Waals surface area contributed by atoms with Gasteiger partial charge in [0.2, 0.25) is 10.0 Å². The molecule has 0 spiro atoms. The van der Waals surface area contributed by atoms with E-state index in [1.165, 1.54) is 25.3 Å². The second-order valence-electron chi connectivity index (χ2n) is 7.96. The number of carbonyl (C=O) groups excluding carboxylic acids is 2.